The third-order valence-corrected chi connectivity index (χ3v) is 2.48. The van der Waals surface area contributed by atoms with E-state index in [0.717, 1.165) is 22.8 Å². The van der Waals surface area contributed by atoms with Crippen LogP contribution < -0.4 is 4.74 Å². The number of para-hydroxylation sites is 2. The number of benzene rings is 1. The Balaban J connectivity index is 2.07. The predicted molar refractivity (Wildman–Crippen MR) is 71.6 cm³/mol. The minimum Gasteiger partial charge on any atom is -0.494 e. The first kappa shape index (κ1) is 12.2. The van der Waals surface area contributed by atoms with Gasteiger partial charge in [-0.15, -0.1) is 0 Å². The second-order valence-corrected chi connectivity index (χ2v) is 3.84. The highest BCUT2D eigenvalue weighted by molar-refractivity contribution is 5.68. The van der Waals surface area contributed by atoms with Crippen LogP contribution in [0.2, 0.25) is 0 Å². The summed E-state index contributed by atoms with van der Waals surface area (Å²) in [7, 11) is 1.64. The molecule has 0 saturated heterocycles. The third kappa shape index (κ3) is 3.13. The summed E-state index contributed by atoms with van der Waals surface area (Å²) >= 11 is 0. The van der Waals surface area contributed by atoms with Crippen molar-refractivity contribution in [2.75, 3.05) is 7.11 Å². The van der Waals surface area contributed by atoms with Crippen LogP contribution in [0.4, 0.5) is 5.69 Å². The number of aliphatic imine (C=N–C) groups is 1. The molecule has 0 aliphatic heterocycles. The van der Waals surface area contributed by atoms with Crippen molar-refractivity contribution in [1.82, 2.24) is 9.97 Å². The molecule has 0 bridgehead atoms. The summed E-state index contributed by atoms with van der Waals surface area (Å²) in [6.45, 7) is 1.95. The third-order valence-electron chi connectivity index (χ3n) is 2.48. The van der Waals surface area contributed by atoms with Crippen LogP contribution in [0.15, 0.2) is 41.7 Å². The number of nitrogens with zero attached hydrogens (tertiary/aromatic N) is 3. The maximum atomic E-state index is 5.23. The molecule has 0 aliphatic carbocycles. The quantitative estimate of drug-likeness (QED) is 0.773. The van der Waals surface area contributed by atoms with Gasteiger partial charge in [0.2, 0.25) is 0 Å². The fraction of sp³-hybridized carbons (Fsp3) is 0.214. The number of methoxy groups -OCH3 is 1. The van der Waals surface area contributed by atoms with Gasteiger partial charge in [-0.2, -0.15) is 0 Å². The molecule has 0 saturated carbocycles. The van der Waals surface area contributed by atoms with Gasteiger partial charge in [0, 0.05) is 24.0 Å². The number of rotatable bonds is 4. The zero-order valence-corrected chi connectivity index (χ0v) is 10.5. The largest absolute Gasteiger partial charge is 0.494 e. The zero-order valence-electron chi connectivity index (χ0n) is 10.5. The summed E-state index contributed by atoms with van der Waals surface area (Å²) in [5, 5.41) is 0. The molecule has 18 heavy (non-hydrogen) atoms. The topological polar surface area (TPSA) is 47.4 Å². The van der Waals surface area contributed by atoms with Crippen LogP contribution in [-0.4, -0.2) is 23.3 Å². The van der Waals surface area contributed by atoms with Gasteiger partial charge in [0.05, 0.1) is 7.11 Å². The maximum absolute atomic E-state index is 5.23. The van der Waals surface area contributed by atoms with E-state index >= 15 is 0 Å². The monoisotopic (exact) mass is 241 g/mol. The Morgan fingerprint density at radius 3 is 2.89 bits per heavy atom. The van der Waals surface area contributed by atoms with Crippen molar-refractivity contribution in [3.63, 3.8) is 0 Å². The van der Waals surface area contributed by atoms with E-state index in [1.807, 2.05) is 43.5 Å². The second kappa shape index (κ2) is 5.91. The van der Waals surface area contributed by atoms with Crippen LogP contribution in [0.5, 0.6) is 5.75 Å². The molecule has 2 rings (SSSR count). The van der Waals surface area contributed by atoms with E-state index in [2.05, 4.69) is 15.0 Å². The van der Waals surface area contributed by atoms with E-state index in [1.54, 1.807) is 13.4 Å². The van der Waals surface area contributed by atoms with E-state index in [4.69, 9.17) is 4.74 Å². The van der Waals surface area contributed by atoms with Gasteiger partial charge in [-0.25, -0.2) is 9.97 Å². The molecule has 2 aromatic rings. The van der Waals surface area contributed by atoms with Crippen molar-refractivity contribution < 1.29 is 4.74 Å². The molecule has 0 fully saturated rings. The normalized spacial score (nSPS) is 10.8. The Kier molecular flexibility index (Phi) is 4.02. The van der Waals surface area contributed by atoms with Gasteiger partial charge in [0.25, 0.3) is 0 Å². The SMILES string of the molecule is COc1ccccc1N=CCc1cc(C)ncn1. The van der Waals surface area contributed by atoms with E-state index in [-0.39, 0.29) is 0 Å². The molecule has 0 atom stereocenters. The highest BCUT2D eigenvalue weighted by atomic mass is 16.5. The Hall–Kier alpha value is -2.23. The highest BCUT2D eigenvalue weighted by Crippen LogP contribution is 2.25. The van der Waals surface area contributed by atoms with Crippen LogP contribution in [0.1, 0.15) is 11.4 Å². The van der Waals surface area contributed by atoms with E-state index in [9.17, 15) is 0 Å². The van der Waals surface area contributed by atoms with Crippen LogP contribution in [0, 0.1) is 6.92 Å². The summed E-state index contributed by atoms with van der Waals surface area (Å²) in [5.74, 6) is 0.771. The molecule has 0 radical (unpaired) electrons. The van der Waals surface area contributed by atoms with Crippen molar-refractivity contribution in [3.8, 4) is 5.75 Å². The van der Waals surface area contributed by atoms with Crippen molar-refractivity contribution >= 4 is 11.9 Å². The van der Waals surface area contributed by atoms with E-state index in [1.165, 1.54) is 0 Å². The predicted octanol–water partition coefficient (Wildman–Crippen LogP) is 2.74. The van der Waals surface area contributed by atoms with Crippen LogP contribution in [-0.2, 0) is 6.42 Å². The first-order valence-corrected chi connectivity index (χ1v) is 5.72. The molecule has 0 aliphatic rings. The van der Waals surface area contributed by atoms with E-state index < -0.39 is 0 Å². The summed E-state index contributed by atoms with van der Waals surface area (Å²) in [4.78, 5) is 12.6. The van der Waals surface area contributed by atoms with Gasteiger partial charge in [-0.1, -0.05) is 12.1 Å². The number of aryl methyl sites for hydroxylation is 1. The molecular formula is C14H15N3O. The molecule has 0 spiro atoms. The number of hydrogen-bond acceptors (Lipinski definition) is 4. The van der Waals surface area contributed by atoms with Gasteiger partial charge in [0.15, 0.2) is 0 Å². The van der Waals surface area contributed by atoms with Crippen molar-refractivity contribution in [3.05, 3.63) is 48.0 Å². The van der Waals surface area contributed by atoms with Crippen molar-refractivity contribution in [2.24, 2.45) is 4.99 Å². The number of hydrogen-bond donors (Lipinski definition) is 0. The Morgan fingerprint density at radius 2 is 2.11 bits per heavy atom. The smallest absolute Gasteiger partial charge is 0.144 e. The summed E-state index contributed by atoms with van der Waals surface area (Å²) in [6, 6.07) is 9.62. The minimum absolute atomic E-state index is 0.682. The average molecular weight is 241 g/mol. The summed E-state index contributed by atoms with van der Waals surface area (Å²) in [6.07, 6.45) is 4.09. The van der Waals surface area contributed by atoms with Crippen LogP contribution in [0.3, 0.4) is 0 Å². The van der Waals surface area contributed by atoms with Gasteiger partial charge in [-0.05, 0) is 25.1 Å². The molecule has 0 N–H and O–H groups in total. The first-order valence-electron chi connectivity index (χ1n) is 5.72. The van der Waals surface area contributed by atoms with Gasteiger partial charge in [-0.3, -0.25) is 4.99 Å². The molecule has 1 heterocycles. The fourth-order valence-electron chi connectivity index (χ4n) is 1.60. The average Bonchev–Trinajstić information content (AvgIpc) is 2.39. The zero-order chi connectivity index (χ0) is 12.8. The molecule has 0 amide bonds. The van der Waals surface area contributed by atoms with E-state index in [0.29, 0.717) is 6.42 Å². The lowest BCUT2D eigenvalue weighted by molar-refractivity contribution is 0.416. The Morgan fingerprint density at radius 1 is 1.28 bits per heavy atom. The maximum Gasteiger partial charge on any atom is 0.144 e. The number of aromatic nitrogens is 2. The highest BCUT2D eigenvalue weighted by Gasteiger charge is 1.98. The molecule has 92 valence electrons. The van der Waals surface area contributed by atoms with Gasteiger partial charge < -0.3 is 4.74 Å². The lowest BCUT2D eigenvalue weighted by atomic mass is 10.2. The number of ether oxygens (including phenoxy) is 1. The van der Waals surface area contributed by atoms with Crippen molar-refractivity contribution in [1.29, 1.82) is 0 Å². The lowest BCUT2D eigenvalue weighted by Gasteiger charge is -2.02. The molecule has 1 aromatic carbocycles. The molecule has 0 unspecified atom stereocenters. The molecular weight excluding hydrogens is 226 g/mol. The standard InChI is InChI=1S/C14H15N3O/c1-11-9-12(17-10-16-11)7-8-15-13-5-3-4-6-14(13)18-2/h3-6,8-10H,7H2,1-2H3. The Bertz CT molecular complexity index is 552. The summed E-state index contributed by atoms with van der Waals surface area (Å²) in [5.41, 5.74) is 2.75. The van der Waals surface area contributed by atoms with Crippen molar-refractivity contribution in [2.45, 2.75) is 13.3 Å². The molecule has 4 heteroatoms. The van der Waals surface area contributed by atoms with Crippen LogP contribution in [0.25, 0.3) is 0 Å². The molecule has 4 nitrogen and oxygen atoms in total. The molecule has 1 aromatic heterocycles. The first-order chi connectivity index (χ1) is 8.79. The second-order valence-electron chi connectivity index (χ2n) is 3.84. The summed E-state index contributed by atoms with van der Waals surface area (Å²) < 4.78 is 5.23. The lowest BCUT2D eigenvalue weighted by Crippen LogP contribution is -1.93. The van der Waals surface area contributed by atoms with Gasteiger partial charge >= 0.3 is 0 Å². The minimum atomic E-state index is 0.682. The Labute approximate surface area is 106 Å². The van der Waals surface area contributed by atoms with Crippen LogP contribution >= 0.6 is 0 Å². The van der Waals surface area contributed by atoms with Gasteiger partial charge in [0.1, 0.15) is 17.8 Å². The fourth-order valence-corrected chi connectivity index (χ4v) is 1.60.